The van der Waals surface area contributed by atoms with E-state index in [-0.39, 0.29) is 49.9 Å². The lowest BCUT2D eigenvalue weighted by Crippen LogP contribution is -2.47. The van der Waals surface area contributed by atoms with Crippen molar-refractivity contribution in [3.63, 3.8) is 0 Å². The number of aryl methyl sites for hydroxylation is 1. The van der Waals surface area contributed by atoms with Gasteiger partial charge in [-0.05, 0) is 72.5 Å². The molecule has 6 aromatic rings. The van der Waals surface area contributed by atoms with Crippen LogP contribution in [0.15, 0.2) is 84.9 Å². The topological polar surface area (TPSA) is 133 Å². The summed E-state index contributed by atoms with van der Waals surface area (Å²) in [6, 6.07) is 24.9. The predicted molar refractivity (Wildman–Crippen MR) is 242 cm³/mol. The van der Waals surface area contributed by atoms with Crippen molar-refractivity contribution in [2.45, 2.75) is 43.3 Å². The molecule has 4 heterocycles. The van der Waals surface area contributed by atoms with Gasteiger partial charge in [-0.2, -0.15) is 0 Å². The SMILES string of the molecule is CN(OCCn1c(C(=O)NC2(c3ccc(C(=O)C4CC4)cc3)CCOC2)cc2c(Cl)c(Cl)ccc21)C(=O)c1ccc(C2(NC(=O)c3cc4c(Cl)c(Cl)ccc4n3C)CCOC2)cc1. The lowest BCUT2D eigenvalue weighted by atomic mass is 9.87. The molecule has 4 aromatic carbocycles. The zero-order valence-electron chi connectivity index (χ0n) is 34.4. The van der Waals surface area contributed by atoms with Gasteiger partial charge in [0.05, 0.1) is 56.5 Å². The number of halogens is 4. The minimum Gasteiger partial charge on any atom is -0.379 e. The van der Waals surface area contributed by atoms with E-state index < -0.39 is 17.0 Å². The van der Waals surface area contributed by atoms with Gasteiger partial charge >= 0.3 is 0 Å². The average Bonchev–Trinajstić information content (AvgIpc) is 3.55. The maximum absolute atomic E-state index is 14.3. The summed E-state index contributed by atoms with van der Waals surface area (Å²) >= 11 is 25.8. The Labute approximate surface area is 383 Å². The Bertz CT molecular complexity index is 2790. The number of hydroxylamine groups is 2. The molecular formula is C47H43Cl4N5O7. The van der Waals surface area contributed by atoms with Gasteiger partial charge in [0.2, 0.25) is 0 Å². The molecule has 2 unspecified atom stereocenters. The molecule has 2 atom stereocenters. The summed E-state index contributed by atoms with van der Waals surface area (Å²) in [6.45, 7) is 1.61. The van der Waals surface area contributed by atoms with E-state index in [1.54, 1.807) is 58.6 Å². The summed E-state index contributed by atoms with van der Waals surface area (Å²) in [5.74, 6) is -0.808. The summed E-state index contributed by atoms with van der Waals surface area (Å²) in [7, 11) is 3.32. The Morgan fingerprint density at radius 2 is 1.22 bits per heavy atom. The number of ketones is 1. The largest absolute Gasteiger partial charge is 0.379 e. The van der Waals surface area contributed by atoms with Gasteiger partial charge in [-0.15, -0.1) is 0 Å². The Kier molecular flexibility index (Phi) is 11.9. The van der Waals surface area contributed by atoms with Crippen molar-refractivity contribution in [2.24, 2.45) is 13.0 Å². The number of benzene rings is 4. The zero-order valence-corrected chi connectivity index (χ0v) is 37.5. The normalized spacial score (nSPS) is 19.8. The molecule has 3 fully saturated rings. The quantitative estimate of drug-likeness (QED) is 0.0873. The Morgan fingerprint density at radius 1 is 0.714 bits per heavy atom. The van der Waals surface area contributed by atoms with Crippen molar-refractivity contribution >= 4 is 91.7 Å². The second-order valence-electron chi connectivity index (χ2n) is 16.5. The van der Waals surface area contributed by atoms with Crippen LogP contribution in [0.5, 0.6) is 0 Å². The lowest BCUT2D eigenvalue weighted by Gasteiger charge is -2.30. The molecule has 12 nitrogen and oxygen atoms in total. The summed E-state index contributed by atoms with van der Waals surface area (Å²) < 4.78 is 15.2. The number of nitrogens with one attached hydrogen (secondary N) is 2. The molecule has 2 aromatic heterocycles. The van der Waals surface area contributed by atoms with Crippen LogP contribution in [-0.2, 0) is 39.0 Å². The molecule has 1 aliphatic carbocycles. The monoisotopic (exact) mass is 929 g/mol. The van der Waals surface area contributed by atoms with Crippen LogP contribution in [-0.4, -0.2) is 77.8 Å². The first-order valence-corrected chi connectivity index (χ1v) is 22.2. The average molecular weight is 932 g/mol. The molecule has 0 radical (unpaired) electrons. The Morgan fingerprint density at radius 3 is 1.76 bits per heavy atom. The maximum Gasteiger partial charge on any atom is 0.277 e. The number of rotatable bonds is 13. The van der Waals surface area contributed by atoms with Crippen LogP contribution in [0.2, 0.25) is 20.1 Å². The number of aromatic nitrogens is 2. The maximum atomic E-state index is 14.3. The minimum absolute atomic E-state index is 0.0213. The van der Waals surface area contributed by atoms with E-state index in [0.717, 1.165) is 34.5 Å². The van der Waals surface area contributed by atoms with Crippen molar-refractivity contribution in [2.75, 3.05) is 40.1 Å². The smallest absolute Gasteiger partial charge is 0.277 e. The van der Waals surface area contributed by atoms with Crippen LogP contribution in [0, 0.1) is 5.92 Å². The highest BCUT2D eigenvalue weighted by Crippen LogP contribution is 2.38. The predicted octanol–water partition coefficient (Wildman–Crippen LogP) is 9.13. The summed E-state index contributed by atoms with van der Waals surface area (Å²) in [5, 5.41) is 10.3. The zero-order chi connectivity index (χ0) is 44.2. The molecule has 3 amide bonds. The van der Waals surface area contributed by atoms with Gasteiger partial charge in [-0.1, -0.05) is 82.8 Å². The Hall–Kier alpha value is -4.92. The Balaban J connectivity index is 0.889. The molecule has 0 bridgehead atoms. The van der Waals surface area contributed by atoms with E-state index >= 15 is 0 Å². The number of Topliss-reactive ketones (excluding diaryl/α,β-unsaturated/α-hetero) is 1. The highest BCUT2D eigenvalue weighted by Gasteiger charge is 2.41. The molecular weight excluding hydrogens is 888 g/mol. The van der Waals surface area contributed by atoms with Crippen LogP contribution in [0.25, 0.3) is 21.8 Å². The first kappa shape index (κ1) is 43.3. The molecule has 63 heavy (non-hydrogen) atoms. The highest BCUT2D eigenvalue weighted by atomic mass is 35.5. The summed E-state index contributed by atoms with van der Waals surface area (Å²) in [5.41, 5.74) is 3.16. The standard InChI is InChI=1S/C47H43Cl4N5O7/c1-54-36-15-13-34(48)40(50)32(36)23-38(54)43(58)52-46(17-20-61-25-46)31-11-7-29(8-12-31)45(60)55(2)63-22-19-56-37-16-14-35(49)41(51)33(37)24-39(56)44(59)53-47(18-21-62-26-47)30-9-5-28(6-10-30)42(57)27-3-4-27/h5-16,23-24,27H,3-4,17-22,25-26H2,1-2H3,(H,52,58)(H,53,59). The minimum atomic E-state index is -0.833. The molecule has 2 saturated heterocycles. The fourth-order valence-electron chi connectivity index (χ4n) is 8.73. The third kappa shape index (κ3) is 8.12. The van der Waals surface area contributed by atoms with Gasteiger partial charge in [-0.3, -0.25) is 24.0 Å². The van der Waals surface area contributed by atoms with E-state index in [0.29, 0.717) is 84.9 Å². The van der Waals surface area contributed by atoms with Crippen molar-refractivity contribution in [3.8, 4) is 0 Å². The molecule has 1 saturated carbocycles. The van der Waals surface area contributed by atoms with Gasteiger partial charge in [0.25, 0.3) is 17.7 Å². The summed E-state index contributed by atoms with van der Waals surface area (Å²) in [4.78, 5) is 60.4. The second-order valence-corrected chi connectivity index (χ2v) is 18.0. The van der Waals surface area contributed by atoms with Crippen LogP contribution in [0.1, 0.15) is 78.5 Å². The molecule has 2 N–H and O–H groups in total. The van der Waals surface area contributed by atoms with Gasteiger partial charge in [0.1, 0.15) is 11.4 Å². The van der Waals surface area contributed by atoms with Crippen molar-refractivity contribution in [1.29, 1.82) is 0 Å². The van der Waals surface area contributed by atoms with E-state index in [2.05, 4.69) is 10.6 Å². The number of carbonyl (C=O) groups is 4. The van der Waals surface area contributed by atoms with E-state index in [1.807, 2.05) is 42.5 Å². The first-order chi connectivity index (χ1) is 30.3. The van der Waals surface area contributed by atoms with E-state index in [1.165, 1.54) is 7.05 Å². The van der Waals surface area contributed by atoms with Gasteiger partial charge in [-0.25, -0.2) is 5.06 Å². The first-order valence-electron chi connectivity index (χ1n) is 20.7. The second kappa shape index (κ2) is 17.2. The van der Waals surface area contributed by atoms with Crippen molar-refractivity contribution in [3.05, 3.63) is 139 Å². The third-order valence-corrected chi connectivity index (χ3v) is 14.2. The van der Waals surface area contributed by atoms with E-state index in [9.17, 15) is 19.2 Å². The molecule has 0 spiro atoms. The molecule has 2 aliphatic heterocycles. The third-order valence-electron chi connectivity index (χ3n) is 12.5. The van der Waals surface area contributed by atoms with Crippen LogP contribution in [0.4, 0.5) is 0 Å². The number of hydrogen-bond acceptors (Lipinski definition) is 7. The van der Waals surface area contributed by atoms with Crippen molar-refractivity contribution in [1.82, 2.24) is 24.8 Å². The summed E-state index contributed by atoms with van der Waals surface area (Å²) in [6.07, 6.45) is 2.92. The van der Waals surface area contributed by atoms with Gasteiger partial charge in [0, 0.05) is 80.0 Å². The fraction of sp³-hybridized carbons (Fsp3) is 0.319. The van der Waals surface area contributed by atoms with Crippen LogP contribution in [0.3, 0.4) is 0 Å². The van der Waals surface area contributed by atoms with E-state index in [4.69, 9.17) is 60.7 Å². The van der Waals surface area contributed by atoms with Gasteiger partial charge < -0.3 is 29.2 Å². The lowest BCUT2D eigenvalue weighted by molar-refractivity contribution is -0.108. The number of carbonyl (C=O) groups excluding carboxylic acids is 4. The highest BCUT2D eigenvalue weighted by molar-refractivity contribution is 6.46. The number of fused-ring (bicyclic) bond motifs is 2. The number of ether oxygens (including phenoxy) is 2. The molecule has 16 heteroatoms. The molecule has 9 rings (SSSR count). The number of amides is 3. The van der Waals surface area contributed by atoms with Crippen LogP contribution >= 0.6 is 46.4 Å². The van der Waals surface area contributed by atoms with Crippen molar-refractivity contribution < 1.29 is 33.5 Å². The molecule has 326 valence electrons. The van der Waals surface area contributed by atoms with Gasteiger partial charge in [0.15, 0.2) is 5.78 Å². The van der Waals surface area contributed by atoms with Crippen LogP contribution < -0.4 is 10.6 Å². The number of hydrogen-bond donors (Lipinski definition) is 2. The fourth-order valence-corrected chi connectivity index (χ4v) is 9.49. The number of nitrogens with zero attached hydrogens (tertiary/aromatic N) is 3. The molecule has 3 aliphatic rings.